The molecule has 0 saturated heterocycles. The first kappa shape index (κ1) is 19.4. The van der Waals surface area contributed by atoms with Crippen LogP contribution in [0.2, 0.25) is 0 Å². The molecule has 0 aromatic heterocycles. The maximum Gasteiger partial charge on any atom is 0.251 e. The zero-order valence-corrected chi connectivity index (χ0v) is 13.3. The lowest BCUT2D eigenvalue weighted by molar-refractivity contribution is -0.122. The van der Waals surface area contributed by atoms with Gasteiger partial charge in [-0.05, 0) is 31.0 Å². The van der Waals surface area contributed by atoms with Crippen LogP contribution < -0.4 is 16.4 Å². The molecular formula is C15H24ClN3O2. The fourth-order valence-corrected chi connectivity index (χ4v) is 1.80. The molecule has 0 aliphatic heterocycles. The molecule has 0 saturated carbocycles. The molecule has 0 fully saturated rings. The second-order valence-electron chi connectivity index (χ2n) is 4.67. The van der Waals surface area contributed by atoms with Crippen LogP contribution in [0.5, 0.6) is 0 Å². The first-order valence-electron chi connectivity index (χ1n) is 6.98. The first-order chi connectivity index (χ1) is 9.58. The third kappa shape index (κ3) is 6.60. The number of hydrogen-bond donors (Lipinski definition) is 3. The van der Waals surface area contributed by atoms with Gasteiger partial charge in [-0.3, -0.25) is 9.59 Å². The van der Waals surface area contributed by atoms with E-state index in [-0.39, 0.29) is 24.2 Å². The van der Waals surface area contributed by atoms with E-state index in [1.807, 2.05) is 26.0 Å². The summed E-state index contributed by atoms with van der Waals surface area (Å²) in [6.45, 7) is 4.90. The van der Waals surface area contributed by atoms with Crippen molar-refractivity contribution in [2.24, 2.45) is 5.73 Å². The molecule has 0 aliphatic carbocycles. The topological polar surface area (TPSA) is 84.2 Å². The van der Waals surface area contributed by atoms with E-state index in [1.165, 1.54) is 0 Å². The van der Waals surface area contributed by atoms with Gasteiger partial charge in [0, 0.05) is 18.7 Å². The van der Waals surface area contributed by atoms with Crippen molar-refractivity contribution < 1.29 is 9.59 Å². The van der Waals surface area contributed by atoms with E-state index in [2.05, 4.69) is 10.6 Å². The van der Waals surface area contributed by atoms with Crippen molar-refractivity contribution in [3.05, 3.63) is 35.4 Å². The highest BCUT2D eigenvalue weighted by molar-refractivity contribution is 5.94. The molecule has 0 spiro atoms. The maximum absolute atomic E-state index is 11.7. The normalized spacial score (nSPS) is 11.2. The monoisotopic (exact) mass is 313 g/mol. The molecular weight excluding hydrogens is 290 g/mol. The Balaban J connectivity index is 0.00000400. The number of hydrogen-bond acceptors (Lipinski definition) is 3. The summed E-state index contributed by atoms with van der Waals surface area (Å²) < 4.78 is 0. The van der Waals surface area contributed by atoms with Gasteiger partial charge in [0.15, 0.2) is 0 Å². The van der Waals surface area contributed by atoms with E-state index in [9.17, 15) is 9.59 Å². The van der Waals surface area contributed by atoms with Crippen LogP contribution in [-0.2, 0) is 11.3 Å². The molecule has 1 rings (SSSR count). The minimum atomic E-state index is -0.449. The van der Waals surface area contributed by atoms with Crippen molar-refractivity contribution in [3.8, 4) is 0 Å². The third-order valence-corrected chi connectivity index (χ3v) is 2.96. The second kappa shape index (κ2) is 10.2. The Kier molecular flexibility index (Phi) is 9.41. The van der Waals surface area contributed by atoms with Crippen LogP contribution in [0, 0.1) is 0 Å². The third-order valence-electron chi connectivity index (χ3n) is 2.96. The van der Waals surface area contributed by atoms with Gasteiger partial charge in [-0.2, -0.15) is 0 Å². The van der Waals surface area contributed by atoms with E-state index in [4.69, 9.17) is 5.73 Å². The molecule has 1 unspecified atom stereocenters. The number of amides is 2. The summed E-state index contributed by atoms with van der Waals surface area (Å²) in [5.74, 6) is -0.229. The molecule has 1 atom stereocenters. The minimum absolute atomic E-state index is 0. The zero-order chi connectivity index (χ0) is 15.0. The highest BCUT2D eigenvalue weighted by Crippen LogP contribution is 2.04. The average molecular weight is 314 g/mol. The van der Waals surface area contributed by atoms with Gasteiger partial charge in [-0.1, -0.05) is 25.5 Å². The van der Waals surface area contributed by atoms with Crippen LogP contribution in [0.1, 0.15) is 42.6 Å². The smallest absolute Gasteiger partial charge is 0.251 e. The van der Waals surface area contributed by atoms with Gasteiger partial charge in [0.2, 0.25) is 5.91 Å². The predicted octanol–water partition coefficient (Wildman–Crippen LogP) is 1.60. The number of nitrogens with two attached hydrogens (primary N) is 1. The Morgan fingerprint density at radius 1 is 1.14 bits per heavy atom. The number of rotatable bonds is 7. The van der Waals surface area contributed by atoms with Gasteiger partial charge >= 0.3 is 0 Å². The molecule has 0 radical (unpaired) electrons. The Morgan fingerprint density at radius 2 is 1.76 bits per heavy atom. The summed E-state index contributed by atoms with van der Waals surface area (Å²) in [6.07, 6.45) is 1.57. The van der Waals surface area contributed by atoms with Crippen LogP contribution in [0.4, 0.5) is 0 Å². The summed E-state index contributed by atoms with van der Waals surface area (Å²) in [5, 5.41) is 5.53. The van der Waals surface area contributed by atoms with E-state index < -0.39 is 6.04 Å². The van der Waals surface area contributed by atoms with E-state index in [0.717, 1.165) is 12.0 Å². The molecule has 6 heteroatoms. The molecule has 21 heavy (non-hydrogen) atoms. The number of benzene rings is 1. The van der Waals surface area contributed by atoms with Crippen molar-refractivity contribution in [1.29, 1.82) is 0 Å². The molecule has 0 aliphatic rings. The molecule has 118 valence electrons. The number of halogens is 1. The molecule has 0 heterocycles. The Morgan fingerprint density at radius 3 is 2.29 bits per heavy atom. The van der Waals surface area contributed by atoms with Crippen molar-refractivity contribution in [2.45, 2.75) is 39.3 Å². The largest absolute Gasteiger partial charge is 0.352 e. The van der Waals surface area contributed by atoms with Gasteiger partial charge in [0.05, 0.1) is 6.04 Å². The van der Waals surface area contributed by atoms with Crippen LogP contribution in [0.25, 0.3) is 0 Å². The molecule has 1 aromatic carbocycles. The summed E-state index contributed by atoms with van der Waals surface area (Å²) in [6, 6.07) is 6.71. The maximum atomic E-state index is 11.7. The van der Waals surface area contributed by atoms with E-state index in [1.54, 1.807) is 12.1 Å². The summed E-state index contributed by atoms with van der Waals surface area (Å²) >= 11 is 0. The first-order valence-corrected chi connectivity index (χ1v) is 6.98. The molecule has 4 N–H and O–H groups in total. The van der Waals surface area contributed by atoms with Crippen molar-refractivity contribution in [1.82, 2.24) is 10.6 Å². The van der Waals surface area contributed by atoms with Gasteiger partial charge < -0.3 is 16.4 Å². The quantitative estimate of drug-likeness (QED) is 0.715. The highest BCUT2D eigenvalue weighted by atomic mass is 35.5. The average Bonchev–Trinajstić information content (AvgIpc) is 2.45. The second-order valence-corrected chi connectivity index (χ2v) is 4.67. The zero-order valence-electron chi connectivity index (χ0n) is 12.5. The lowest BCUT2D eigenvalue weighted by atomic mass is 10.1. The van der Waals surface area contributed by atoms with Crippen molar-refractivity contribution in [3.63, 3.8) is 0 Å². The lowest BCUT2D eigenvalue weighted by Gasteiger charge is -2.11. The summed E-state index contributed by atoms with van der Waals surface area (Å²) in [5.41, 5.74) is 7.28. The fourth-order valence-electron chi connectivity index (χ4n) is 1.80. The Labute approximate surface area is 132 Å². The SMILES string of the molecule is CCCC(N)C(=O)NCc1ccc(C(=O)NCC)cc1.Cl. The van der Waals surface area contributed by atoms with Gasteiger partial charge in [-0.15, -0.1) is 12.4 Å². The van der Waals surface area contributed by atoms with Crippen molar-refractivity contribution >= 4 is 24.2 Å². The lowest BCUT2D eigenvalue weighted by Crippen LogP contribution is -2.40. The van der Waals surface area contributed by atoms with E-state index >= 15 is 0 Å². The van der Waals surface area contributed by atoms with Gasteiger partial charge in [-0.25, -0.2) is 0 Å². The van der Waals surface area contributed by atoms with Crippen LogP contribution in [0.15, 0.2) is 24.3 Å². The molecule has 0 bridgehead atoms. The predicted molar refractivity (Wildman–Crippen MR) is 86.4 cm³/mol. The number of carbonyl (C=O) groups excluding carboxylic acids is 2. The van der Waals surface area contributed by atoms with E-state index in [0.29, 0.717) is 25.1 Å². The summed E-state index contributed by atoms with van der Waals surface area (Å²) in [7, 11) is 0. The minimum Gasteiger partial charge on any atom is -0.352 e. The number of carbonyl (C=O) groups is 2. The number of nitrogens with one attached hydrogen (secondary N) is 2. The van der Waals surface area contributed by atoms with Crippen LogP contribution in [-0.4, -0.2) is 24.4 Å². The van der Waals surface area contributed by atoms with Crippen LogP contribution in [0.3, 0.4) is 0 Å². The molecule has 5 nitrogen and oxygen atoms in total. The van der Waals surface area contributed by atoms with Crippen LogP contribution >= 0.6 is 12.4 Å². The molecule has 1 aromatic rings. The van der Waals surface area contributed by atoms with Crippen molar-refractivity contribution in [2.75, 3.05) is 6.54 Å². The Bertz CT molecular complexity index is 449. The molecule has 2 amide bonds. The Hall–Kier alpha value is -1.59. The fraction of sp³-hybridized carbons (Fsp3) is 0.467. The van der Waals surface area contributed by atoms with Gasteiger partial charge in [0.1, 0.15) is 0 Å². The standard InChI is InChI=1S/C15H23N3O2.ClH/c1-3-5-13(16)15(20)18-10-11-6-8-12(9-7-11)14(19)17-4-2;/h6-9,13H,3-5,10,16H2,1-2H3,(H,17,19)(H,18,20);1H. The van der Waals surface area contributed by atoms with Gasteiger partial charge in [0.25, 0.3) is 5.91 Å². The highest BCUT2D eigenvalue weighted by Gasteiger charge is 2.11. The summed E-state index contributed by atoms with van der Waals surface area (Å²) in [4.78, 5) is 23.3.